The van der Waals surface area contributed by atoms with Crippen molar-refractivity contribution in [2.24, 2.45) is 0 Å². The van der Waals surface area contributed by atoms with E-state index in [4.69, 9.17) is 0 Å². The largest absolute Gasteiger partial charge is 0.507 e. The first-order valence-electron chi connectivity index (χ1n) is 9.04. The van der Waals surface area contributed by atoms with Gasteiger partial charge in [0.15, 0.2) is 0 Å². The molecule has 26 heavy (non-hydrogen) atoms. The molecule has 1 aromatic carbocycles. The maximum atomic E-state index is 10.7. The van der Waals surface area contributed by atoms with Crippen molar-refractivity contribution in [2.45, 2.75) is 51.7 Å². The molecule has 1 aliphatic carbocycles. The third-order valence-electron chi connectivity index (χ3n) is 5.10. The molecule has 1 aliphatic rings. The number of hydrogen-bond acceptors (Lipinski definition) is 6. The number of thiophene rings is 1. The van der Waals surface area contributed by atoms with Crippen molar-refractivity contribution in [3.05, 3.63) is 34.7 Å². The average Bonchev–Trinajstić information content (AvgIpc) is 3.00. The lowest BCUT2D eigenvalue weighted by atomic mass is 9.92. The van der Waals surface area contributed by atoms with Crippen molar-refractivity contribution >= 4 is 27.2 Å². The van der Waals surface area contributed by atoms with Gasteiger partial charge in [0.1, 0.15) is 11.6 Å². The quantitative estimate of drug-likeness (QED) is 0.638. The predicted molar refractivity (Wildman–Crippen MR) is 106 cm³/mol. The topological polar surface area (TPSA) is 78.3 Å². The number of aliphatic hydroxyl groups is 1. The number of aromatic hydroxyl groups is 1. The Bertz CT molecular complexity index is 954. The van der Waals surface area contributed by atoms with E-state index in [1.807, 2.05) is 38.1 Å². The molecule has 136 valence electrons. The standard InChI is InChI=1S/C20H23N3O2S/c1-11-9-18(21-15-5-3-4-6-16(15)24)22-23-19(11)13-7-8-17-14(20(13)25)10-12(2)26-17/h7-10,15-16,24-25H,3-6H2,1-2H3,(H,21,22)/t15-,16-/m0/s1. The van der Waals surface area contributed by atoms with Gasteiger partial charge in [-0.2, -0.15) is 0 Å². The third kappa shape index (κ3) is 3.15. The monoisotopic (exact) mass is 369 g/mol. The van der Waals surface area contributed by atoms with Gasteiger partial charge in [-0.3, -0.25) is 0 Å². The first kappa shape index (κ1) is 17.2. The normalized spacial score (nSPS) is 20.4. The number of aryl methyl sites for hydroxylation is 2. The zero-order chi connectivity index (χ0) is 18.3. The number of phenols is 1. The maximum absolute atomic E-state index is 10.7. The van der Waals surface area contributed by atoms with Gasteiger partial charge in [0.2, 0.25) is 0 Å². The number of aromatic nitrogens is 2. The summed E-state index contributed by atoms with van der Waals surface area (Å²) in [7, 11) is 0. The molecule has 5 nitrogen and oxygen atoms in total. The summed E-state index contributed by atoms with van der Waals surface area (Å²) in [6.45, 7) is 4.00. The van der Waals surface area contributed by atoms with Crippen molar-refractivity contribution in [1.29, 1.82) is 0 Å². The number of phenolic OH excluding ortho intramolecular Hbond substituents is 1. The molecule has 6 heteroatoms. The molecular formula is C20H23N3O2S. The van der Waals surface area contributed by atoms with Crippen LogP contribution in [0.2, 0.25) is 0 Å². The van der Waals surface area contributed by atoms with E-state index in [0.717, 1.165) is 41.3 Å². The second-order valence-electron chi connectivity index (χ2n) is 7.09. The SMILES string of the molecule is Cc1cc2c(O)c(-c3nnc(N[C@H]4CCCC[C@@H]4O)cc3C)ccc2s1. The van der Waals surface area contributed by atoms with Crippen LogP contribution in [-0.4, -0.2) is 32.6 Å². The molecule has 0 unspecified atom stereocenters. The highest BCUT2D eigenvalue weighted by atomic mass is 32.1. The van der Waals surface area contributed by atoms with Gasteiger partial charge in [0.25, 0.3) is 0 Å². The molecule has 3 N–H and O–H groups in total. The molecule has 1 saturated carbocycles. The zero-order valence-corrected chi connectivity index (χ0v) is 15.8. The Morgan fingerprint density at radius 1 is 1.12 bits per heavy atom. The highest BCUT2D eigenvalue weighted by Gasteiger charge is 2.23. The third-order valence-corrected chi connectivity index (χ3v) is 6.11. The molecule has 0 saturated heterocycles. The molecule has 2 aromatic heterocycles. The summed E-state index contributed by atoms with van der Waals surface area (Å²) in [5, 5.41) is 33.7. The van der Waals surface area contributed by atoms with Crippen LogP contribution in [0.1, 0.15) is 36.1 Å². The smallest absolute Gasteiger partial charge is 0.149 e. The number of rotatable bonds is 3. The van der Waals surface area contributed by atoms with Gasteiger partial charge in [0.05, 0.1) is 17.8 Å². The highest BCUT2D eigenvalue weighted by Crippen LogP contribution is 2.39. The molecular weight excluding hydrogens is 346 g/mol. The van der Waals surface area contributed by atoms with E-state index in [0.29, 0.717) is 17.1 Å². The summed E-state index contributed by atoms with van der Waals surface area (Å²) < 4.78 is 1.07. The van der Waals surface area contributed by atoms with Crippen molar-refractivity contribution in [1.82, 2.24) is 10.2 Å². The first-order valence-corrected chi connectivity index (χ1v) is 9.86. The molecule has 0 spiro atoms. The Kier molecular flexibility index (Phi) is 4.54. The molecule has 1 fully saturated rings. The minimum absolute atomic E-state index is 0.0295. The van der Waals surface area contributed by atoms with Crippen molar-refractivity contribution in [3.8, 4) is 17.0 Å². The van der Waals surface area contributed by atoms with Crippen LogP contribution in [0.4, 0.5) is 5.82 Å². The van der Waals surface area contributed by atoms with Crippen LogP contribution in [0.15, 0.2) is 24.3 Å². The van der Waals surface area contributed by atoms with Crippen LogP contribution in [0.3, 0.4) is 0 Å². The van der Waals surface area contributed by atoms with E-state index in [9.17, 15) is 10.2 Å². The number of fused-ring (bicyclic) bond motifs is 1. The molecule has 0 bridgehead atoms. The van der Waals surface area contributed by atoms with Gasteiger partial charge in [-0.05, 0) is 56.5 Å². The molecule has 2 heterocycles. The van der Waals surface area contributed by atoms with Crippen LogP contribution in [0.25, 0.3) is 21.3 Å². The second-order valence-corrected chi connectivity index (χ2v) is 8.38. The summed E-state index contributed by atoms with van der Waals surface area (Å²) in [6.07, 6.45) is 3.63. The summed E-state index contributed by atoms with van der Waals surface area (Å²) in [4.78, 5) is 1.17. The van der Waals surface area contributed by atoms with E-state index >= 15 is 0 Å². The minimum Gasteiger partial charge on any atom is -0.507 e. The van der Waals surface area contributed by atoms with Crippen molar-refractivity contribution in [2.75, 3.05) is 5.32 Å². The Morgan fingerprint density at radius 3 is 2.69 bits per heavy atom. The summed E-state index contributed by atoms with van der Waals surface area (Å²) in [6, 6.07) is 7.90. The summed E-state index contributed by atoms with van der Waals surface area (Å²) in [5.74, 6) is 0.928. The molecule has 4 rings (SSSR count). The van der Waals surface area contributed by atoms with Gasteiger partial charge in [-0.25, -0.2) is 0 Å². The van der Waals surface area contributed by atoms with Crippen molar-refractivity contribution < 1.29 is 10.2 Å². The van der Waals surface area contributed by atoms with Crippen LogP contribution in [0.5, 0.6) is 5.75 Å². The Hall–Kier alpha value is -2.18. The van der Waals surface area contributed by atoms with Gasteiger partial charge >= 0.3 is 0 Å². The van der Waals surface area contributed by atoms with Crippen LogP contribution in [-0.2, 0) is 0 Å². The maximum Gasteiger partial charge on any atom is 0.149 e. The number of nitrogens with one attached hydrogen (secondary N) is 1. The molecule has 3 aromatic rings. The van der Waals surface area contributed by atoms with E-state index in [2.05, 4.69) is 15.5 Å². The Balaban J connectivity index is 1.65. The number of nitrogens with zero attached hydrogens (tertiary/aromatic N) is 2. The van der Waals surface area contributed by atoms with E-state index in [1.165, 1.54) is 4.88 Å². The van der Waals surface area contributed by atoms with Gasteiger partial charge in [-0.15, -0.1) is 21.5 Å². The van der Waals surface area contributed by atoms with E-state index < -0.39 is 0 Å². The second kappa shape index (κ2) is 6.85. The van der Waals surface area contributed by atoms with E-state index in [-0.39, 0.29) is 17.9 Å². The van der Waals surface area contributed by atoms with E-state index in [1.54, 1.807) is 11.3 Å². The lowest BCUT2D eigenvalue weighted by Gasteiger charge is -2.28. The average molecular weight is 369 g/mol. The fraction of sp³-hybridized carbons (Fsp3) is 0.400. The first-order chi connectivity index (χ1) is 12.5. The Labute approximate surface area is 156 Å². The predicted octanol–water partition coefficient (Wildman–Crippen LogP) is 4.40. The molecule has 0 amide bonds. The zero-order valence-electron chi connectivity index (χ0n) is 15.0. The fourth-order valence-electron chi connectivity index (χ4n) is 3.71. The number of aliphatic hydroxyl groups excluding tert-OH is 1. The van der Waals surface area contributed by atoms with Gasteiger partial charge in [0, 0.05) is 20.5 Å². The fourth-order valence-corrected chi connectivity index (χ4v) is 4.63. The highest BCUT2D eigenvalue weighted by molar-refractivity contribution is 7.19. The lowest BCUT2D eigenvalue weighted by Crippen LogP contribution is -2.36. The number of anilines is 1. The number of benzene rings is 1. The Morgan fingerprint density at radius 2 is 1.92 bits per heavy atom. The molecule has 0 aliphatic heterocycles. The summed E-state index contributed by atoms with van der Waals surface area (Å²) in [5.41, 5.74) is 2.32. The van der Waals surface area contributed by atoms with Crippen LogP contribution in [0, 0.1) is 13.8 Å². The molecule has 2 atom stereocenters. The summed E-state index contributed by atoms with van der Waals surface area (Å²) >= 11 is 1.67. The minimum atomic E-state index is -0.334. The lowest BCUT2D eigenvalue weighted by molar-refractivity contribution is 0.116. The molecule has 0 radical (unpaired) electrons. The van der Waals surface area contributed by atoms with Crippen LogP contribution >= 0.6 is 11.3 Å². The van der Waals surface area contributed by atoms with Gasteiger partial charge < -0.3 is 15.5 Å². The van der Waals surface area contributed by atoms with Crippen LogP contribution < -0.4 is 5.32 Å². The van der Waals surface area contributed by atoms with Crippen molar-refractivity contribution in [3.63, 3.8) is 0 Å². The number of hydrogen-bond donors (Lipinski definition) is 3. The van der Waals surface area contributed by atoms with Gasteiger partial charge in [-0.1, -0.05) is 12.8 Å².